The topological polar surface area (TPSA) is 56.5 Å². The van der Waals surface area contributed by atoms with Gasteiger partial charge in [0.05, 0.1) is 6.10 Å². The maximum absolute atomic E-state index is 6.10. The van der Waals surface area contributed by atoms with Crippen molar-refractivity contribution in [3.05, 3.63) is 0 Å². The first-order valence-corrected chi connectivity index (χ1v) is 8.50. The number of rotatable bonds is 7. The molecule has 3 N–H and O–H groups in total. The molecule has 0 aromatic heterocycles. The number of hydrogen-bond acceptors (Lipinski definition) is 4. The monoisotopic (exact) mass is 284 g/mol. The summed E-state index contributed by atoms with van der Waals surface area (Å²) in [4.78, 5) is 0. The molecule has 118 valence electrons. The van der Waals surface area contributed by atoms with E-state index >= 15 is 0 Å². The third-order valence-corrected chi connectivity index (χ3v) is 5.01. The lowest BCUT2D eigenvalue weighted by molar-refractivity contribution is -0.0282. The van der Waals surface area contributed by atoms with Crippen molar-refractivity contribution in [3.63, 3.8) is 0 Å². The molecule has 20 heavy (non-hydrogen) atoms. The summed E-state index contributed by atoms with van der Waals surface area (Å²) in [7, 11) is 0. The van der Waals surface area contributed by atoms with Crippen LogP contribution in [0.5, 0.6) is 0 Å². The van der Waals surface area contributed by atoms with Gasteiger partial charge in [-0.2, -0.15) is 0 Å². The van der Waals surface area contributed by atoms with E-state index in [0.29, 0.717) is 12.0 Å². The van der Waals surface area contributed by atoms with Gasteiger partial charge in [-0.3, -0.25) is 11.3 Å². The van der Waals surface area contributed by atoms with Gasteiger partial charge in [0.15, 0.2) is 0 Å². The van der Waals surface area contributed by atoms with Gasteiger partial charge in [0.1, 0.15) is 0 Å². The zero-order valence-electron chi connectivity index (χ0n) is 13.0. The van der Waals surface area contributed by atoms with Gasteiger partial charge in [-0.1, -0.05) is 19.3 Å². The number of hydrazine groups is 1. The van der Waals surface area contributed by atoms with Crippen molar-refractivity contribution in [1.82, 2.24) is 5.43 Å². The summed E-state index contributed by atoms with van der Waals surface area (Å²) in [5, 5.41) is 0. The second-order valence-corrected chi connectivity index (χ2v) is 6.38. The standard InChI is InChI=1S/C16H32N2O2/c1-2-20-16(14-6-4-3-5-7-14)15(18-17)12-13-8-10-19-11-9-13/h13-16,18H,2-12,17H2,1H3. The maximum atomic E-state index is 6.10. The Hall–Kier alpha value is -0.160. The molecular formula is C16H32N2O2. The summed E-state index contributed by atoms with van der Waals surface area (Å²) in [6, 6.07) is 0.293. The van der Waals surface area contributed by atoms with E-state index in [-0.39, 0.29) is 6.10 Å². The van der Waals surface area contributed by atoms with Gasteiger partial charge in [-0.05, 0) is 50.9 Å². The van der Waals surface area contributed by atoms with Gasteiger partial charge in [-0.25, -0.2) is 0 Å². The number of ether oxygens (including phenoxy) is 2. The molecule has 0 radical (unpaired) electrons. The Labute approximate surface area is 123 Å². The quantitative estimate of drug-likeness (QED) is 0.557. The Kier molecular flexibility index (Phi) is 7.28. The van der Waals surface area contributed by atoms with Crippen LogP contribution in [-0.4, -0.2) is 32.0 Å². The minimum atomic E-state index is 0.285. The van der Waals surface area contributed by atoms with Crippen molar-refractivity contribution >= 4 is 0 Å². The van der Waals surface area contributed by atoms with Crippen LogP contribution in [0.1, 0.15) is 58.3 Å². The molecule has 0 bridgehead atoms. The smallest absolute Gasteiger partial charge is 0.0769 e. The highest BCUT2D eigenvalue weighted by Gasteiger charge is 2.32. The summed E-state index contributed by atoms with van der Waals surface area (Å²) in [6.07, 6.45) is 10.4. The third-order valence-electron chi connectivity index (χ3n) is 5.01. The molecule has 0 aromatic rings. The van der Waals surface area contributed by atoms with Crippen molar-refractivity contribution in [2.45, 2.75) is 70.4 Å². The molecule has 4 nitrogen and oxygen atoms in total. The summed E-state index contributed by atoms with van der Waals surface area (Å²) >= 11 is 0. The van der Waals surface area contributed by atoms with Gasteiger partial charge in [0.2, 0.25) is 0 Å². The number of nitrogens with one attached hydrogen (secondary N) is 1. The first-order chi connectivity index (χ1) is 9.85. The molecule has 2 fully saturated rings. The van der Waals surface area contributed by atoms with Crippen molar-refractivity contribution in [1.29, 1.82) is 0 Å². The number of hydrogen-bond donors (Lipinski definition) is 2. The van der Waals surface area contributed by atoms with Crippen molar-refractivity contribution in [2.75, 3.05) is 19.8 Å². The Morgan fingerprint density at radius 1 is 1.15 bits per heavy atom. The van der Waals surface area contributed by atoms with Gasteiger partial charge >= 0.3 is 0 Å². The third kappa shape index (κ3) is 4.69. The summed E-state index contributed by atoms with van der Waals surface area (Å²) in [6.45, 7) is 4.69. The van der Waals surface area contributed by atoms with E-state index in [4.69, 9.17) is 15.3 Å². The molecule has 0 spiro atoms. The zero-order chi connectivity index (χ0) is 14.2. The molecule has 2 unspecified atom stereocenters. The summed E-state index contributed by atoms with van der Waals surface area (Å²) < 4.78 is 11.6. The Balaban J connectivity index is 1.92. The minimum absolute atomic E-state index is 0.285. The first-order valence-electron chi connectivity index (χ1n) is 8.50. The summed E-state index contributed by atoms with van der Waals surface area (Å²) in [5.41, 5.74) is 3.07. The van der Waals surface area contributed by atoms with E-state index in [0.717, 1.165) is 32.2 Å². The average Bonchev–Trinajstić information content (AvgIpc) is 2.52. The lowest BCUT2D eigenvalue weighted by Crippen LogP contribution is -2.50. The van der Waals surface area contributed by atoms with Crippen LogP contribution in [0.15, 0.2) is 0 Å². The normalized spacial score (nSPS) is 25.5. The molecule has 0 aromatic carbocycles. The van der Waals surface area contributed by atoms with Gasteiger partial charge < -0.3 is 9.47 Å². The average molecular weight is 284 g/mol. The van der Waals surface area contributed by atoms with E-state index in [1.165, 1.54) is 44.9 Å². The first kappa shape index (κ1) is 16.2. The molecule has 4 heteroatoms. The lowest BCUT2D eigenvalue weighted by atomic mass is 9.79. The molecular weight excluding hydrogens is 252 g/mol. The fraction of sp³-hybridized carbons (Fsp3) is 1.00. The van der Waals surface area contributed by atoms with Crippen LogP contribution in [0.3, 0.4) is 0 Å². The summed E-state index contributed by atoms with van der Waals surface area (Å²) in [5.74, 6) is 7.28. The molecule has 1 aliphatic carbocycles. The van der Waals surface area contributed by atoms with E-state index < -0.39 is 0 Å². The van der Waals surface area contributed by atoms with Crippen LogP contribution in [0, 0.1) is 11.8 Å². The van der Waals surface area contributed by atoms with Gasteiger partial charge in [0, 0.05) is 25.9 Å². The number of nitrogens with two attached hydrogens (primary N) is 1. The minimum Gasteiger partial charge on any atom is -0.381 e. The van der Waals surface area contributed by atoms with E-state index in [2.05, 4.69) is 12.3 Å². The van der Waals surface area contributed by atoms with E-state index in [1.807, 2.05) is 0 Å². The Morgan fingerprint density at radius 3 is 2.45 bits per heavy atom. The highest BCUT2D eigenvalue weighted by atomic mass is 16.5. The molecule has 2 rings (SSSR count). The van der Waals surface area contributed by atoms with Crippen LogP contribution in [0.25, 0.3) is 0 Å². The van der Waals surface area contributed by atoms with Crippen LogP contribution < -0.4 is 11.3 Å². The predicted octanol–water partition coefficient (Wildman–Crippen LogP) is 2.62. The van der Waals surface area contributed by atoms with Crippen LogP contribution in [0.2, 0.25) is 0 Å². The second kappa shape index (κ2) is 8.98. The lowest BCUT2D eigenvalue weighted by Gasteiger charge is -2.37. The van der Waals surface area contributed by atoms with Crippen molar-refractivity contribution in [3.8, 4) is 0 Å². The Bertz CT molecular complexity index is 251. The fourth-order valence-electron chi connectivity index (χ4n) is 3.87. The molecule has 0 amide bonds. The van der Waals surface area contributed by atoms with E-state index in [1.54, 1.807) is 0 Å². The second-order valence-electron chi connectivity index (χ2n) is 6.38. The van der Waals surface area contributed by atoms with Gasteiger partial charge in [0.25, 0.3) is 0 Å². The molecule has 1 saturated heterocycles. The van der Waals surface area contributed by atoms with Crippen molar-refractivity contribution in [2.24, 2.45) is 17.7 Å². The molecule has 1 aliphatic heterocycles. The van der Waals surface area contributed by atoms with Gasteiger partial charge in [-0.15, -0.1) is 0 Å². The highest BCUT2D eigenvalue weighted by Crippen LogP contribution is 2.32. The molecule has 1 saturated carbocycles. The molecule has 2 atom stereocenters. The fourth-order valence-corrected chi connectivity index (χ4v) is 3.87. The van der Waals surface area contributed by atoms with Crippen LogP contribution in [-0.2, 0) is 9.47 Å². The zero-order valence-corrected chi connectivity index (χ0v) is 13.0. The molecule has 1 heterocycles. The SMILES string of the molecule is CCOC(C1CCCCC1)C(CC1CCOCC1)NN. The Morgan fingerprint density at radius 2 is 1.85 bits per heavy atom. The largest absolute Gasteiger partial charge is 0.381 e. The van der Waals surface area contributed by atoms with Crippen molar-refractivity contribution < 1.29 is 9.47 Å². The van der Waals surface area contributed by atoms with E-state index in [9.17, 15) is 0 Å². The van der Waals surface area contributed by atoms with Crippen LogP contribution in [0.4, 0.5) is 0 Å². The maximum Gasteiger partial charge on any atom is 0.0769 e. The van der Waals surface area contributed by atoms with Crippen LogP contribution >= 0.6 is 0 Å². The predicted molar refractivity (Wildman–Crippen MR) is 81.3 cm³/mol. The molecule has 2 aliphatic rings. The highest BCUT2D eigenvalue weighted by molar-refractivity contribution is 4.86.